The summed E-state index contributed by atoms with van der Waals surface area (Å²) in [6.07, 6.45) is 12.1. The molecule has 0 fully saturated rings. The number of aryl methyl sites for hydroxylation is 1. The number of rotatable bonds is 15. The summed E-state index contributed by atoms with van der Waals surface area (Å²) in [5.74, 6) is -0.354. The zero-order valence-electron chi connectivity index (χ0n) is 21.1. The zero-order chi connectivity index (χ0) is 24.3. The van der Waals surface area contributed by atoms with E-state index in [4.69, 9.17) is 4.74 Å². The van der Waals surface area contributed by atoms with Crippen LogP contribution in [0.25, 0.3) is 0 Å². The van der Waals surface area contributed by atoms with Crippen molar-refractivity contribution in [2.24, 2.45) is 0 Å². The van der Waals surface area contributed by atoms with E-state index in [1.165, 1.54) is 68.9 Å². The van der Waals surface area contributed by atoms with E-state index in [2.05, 4.69) is 6.92 Å². The molecule has 2 radical (unpaired) electrons. The topological polar surface area (TPSA) is 118 Å². The zero-order valence-corrected chi connectivity index (χ0v) is 26.7. The Hall–Kier alpha value is 0.0600. The first-order chi connectivity index (χ1) is 15.6. The molecule has 35 heavy (non-hydrogen) atoms. The maximum Gasteiger partial charge on any atom is 0.298 e. The largest absolute Gasteiger partial charge is 0.454 e. The van der Waals surface area contributed by atoms with Gasteiger partial charge < -0.3 is 4.74 Å². The minimum atomic E-state index is -4.61. The number of ether oxygens (including phenoxy) is 1. The molecule has 0 aromatic heterocycles. The first kappa shape index (κ1) is 35.1. The molecule has 0 amide bonds. The van der Waals surface area contributed by atoms with Gasteiger partial charge in [-0.15, -0.1) is 0 Å². The SMILES string of the molecule is CCCCCCCCCCCCc1cccc(S(=O)(=O)O)c1Oc1ccccc1S(=O)(=O)O.[Na].[Na]. The molecule has 0 aliphatic carbocycles. The van der Waals surface area contributed by atoms with Crippen LogP contribution in [0.2, 0.25) is 0 Å². The molecule has 0 unspecified atom stereocenters. The molecular weight excluding hydrogens is 510 g/mol. The van der Waals surface area contributed by atoms with Crippen LogP contribution < -0.4 is 4.74 Å². The smallest absolute Gasteiger partial charge is 0.298 e. The first-order valence-corrected chi connectivity index (χ1v) is 14.4. The summed E-state index contributed by atoms with van der Waals surface area (Å²) in [6, 6.07) is 9.78. The molecular formula is C24H34Na2O7S2. The van der Waals surface area contributed by atoms with E-state index in [1.807, 2.05) is 0 Å². The molecule has 0 aliphatic heterocycles. The molecule has 0 atom stereocenters. The normalized spacial score (nSPS) is 11.4. The fraction of sp³-hybridized carbons (Fsp3) is 0.500. The van der Waals surface area contributed by atoms with Crippen molar-refractivity contribution in [1.82, 2.24) is 0 Å². The predicted molar refractivity (Wildman–Crippen MR) is 140 cm³/mol. The van der Waals surface area contributed by atoms with Crippen LogP contribution >= 0.6 is 0 Å². The standard InChI is InChI=1S/C24H34O7S2.2Na/c1-2-3-4-5-6-7-8-9-10-11-15-20-16-14-19-23(33(28,29)30)24(20)31-21-17-12-13-18-22(21)32(25,26)27;;/h12-14,16-19H,2-11,15H2,1H3,(H,25,26,27)(H,28,29,30);;. The minimum Gasteiger partial charge on any atom is -0.454 e. The van der Waals surface area contributed by atoms with Gasteiger partial charge in [-0.25, -0.2) is 0 Å². The van der Waals surface area contributed by atoms with E-state index in [9.17, 15) is 25.9 Å². The summed E-state index contributed by atoms with van der Waals surface area (Å²) < 4.78 is 72.1. The third-order valence-electron chi connectivity index (χ3n) is 5.48. The molecule has 186 valence electrons. The molecule has 11 heteroatoms. The fourth-order valence-corrected chi connectivity index (χ4v) is 5.01. The van der Waals surface area contributed by atoms with Gasteiger partial charge in [0.2, 0.25) is 0 Å². The van der Waals surface area contributed by atoms with Gasteiger partial charge in [0.05, 0.1) is 0 Å². The van der Waals surface area contributed by atoms with Crippen molar-refractivity contribution >= 4 is 79.4 Å². The van der Waals surface area contributed by atoms with Gasteiger partial charge in [0.1, 0.15) is 15.5 Å². The Labute approximate surface area is 254 Å². The van der Waals surface area contributed by atoms with Gasteiger partial charge in [0, 0.05) is 59.1 Å². The van der Waals surface area contributed by atoms with Crippen LogP contribution in [-0.4, -0.2) is 85.1 Å². The molecule has 2 aromatic rings. The summed E-state index contributed by atoms with van der Waals surface area (Å²) in [4.78, 5) is -0.933. The Balaban J connectivity index is 0.00000578. The maximum absolute atomic E-state index is 11.9. The molecule has 0 spiro atoms. The molecule has 2 N–H and O–H groups in total. The Bertz CT molecular complexity index is 1100. The molecule has 0 heterocycles. The third-order valence-corrected chi connectivity index (χ3v) is 7.25. The van der Waals surface area contributed by atoms with Crippen molar-refractivity contribution in [2.45, 2.75) is 87.3 Å². The Kier molecular flexibility index (Phi) is 17.6. The number of hydrogen-bond acceptors (Lipinski definition) is 5. The van der Waals surface area contributed by atoms with Crippen LogP contribution in [0, 0.1) is 0 Å². The molecule has 2 rings (SSSR count). The Morgan fingerprint density at radius 3 is 1.69 bits per heavy atom. The van der Waals surface area contributed by atoms with Gasteiger partial charge >= 0.3 is 0 Å². The van der Waals surface area contributed by atoms with Crippen molar-refractivity contribution in [3.63, 3.8) is 0 Å². The first-order valence-electron chi connectivity index (χ1n) is 11.5. The van der Waals surface area contributed by atoms with Gasteiger partial charge in [-0.05, 0) is 36.6 Å². The van der Waals surface area contributed by atoms with Crippen molar-refractivity contribution in [3.05, 3.63) is 48.0 Å². The van der Waals surface area contributed by atoms with Crippen LogP contribution in [0.1, 0.15) is 76.7 Å². The van der Waals surface area contributed by atoms with E-state index in [1.54, 1.807) is 6.07 Å². The average molecular weight is 545 g/mol. The minimum absolute atomic E-state index is 0. The van der Waals surface area contributed by atoms with Crippen molar-refractivity contribution < 1.29 is 30.7 Å². The average Bonchev–Trinajstić information content (AvgIpc) is 2.75. The van der Waals surface area contributed by atoms with E-state index in [0.717, 1.165) is 31.7 Å². The second-order valence-corrected chi connectivity index (χ2v) is 11.0. The molecule has 2 aromatic carbocycles. The van der Waals surface area contributed by atoms with Crippen LogP contribution in [-0.2, 0) is 26.7 Å². The second-order valence-electron chi connectivity index (χ2n) is 8.18. The molecule has 0 saturated carbocycles. The second kappa shape index (κ2) is 17.5. The van der Waals surface area contributed by atoms with Gasteiger partial charge in [0.25, 0.3) is 20.2 Å². The molecule has 0 saturated heterocycles. The number of hydrogen-bond donors (Lipinski definition) is 2. The third kappa shape index (κ3) is 12.4. The van der Waals surface area contributed by atoms with Crippen LogP contribution in [0.15, 0.2) is 52.3 Å². The molecule has 0 bridgehead atoms. The number of benzene rings is 2. The van der Waals surface area contributed by atoms with Gasteiger partial charge in [0.15, 0.2) is 5.75 Å². The van der Waals surface area contributed by atoms with Crippen LogP contribution in [0.5, 0.6) is 11.5 Å². The maximum atomic E-state index is 11.9. The molecule has 7 nitrogen and oxygen atoms in total. The monoisotopic (exact) mass is 544 g/mol. The van der Waals surface area contributed by atoms with Gasteiger partial charge in [-0.1, -0.05) is 89.0 Å². The van der Waals surface area contributed by atoms with Crippen molar-refractivity contribution in [1.29, 1.82) is 0 Å². The summed E-state index contributed by atoms with van der Waals surface area (Å²) >= 11 is 0. The van der Waals surface area contributed by atoms with E-state index in [0.29, 0.717) is 12.0 Å². The van der Waals surface area contributed by atoms with E-state index < -0.39 is 30.0 Å². The van der Waals surface area contributed by atoms with Crippen LogP contribution in [0.3, 0.4) is 0 Å². The fourth-order valence-electron chi connectivity index (χ4n) is 3.74. The number of para-hydroxylation sites is 2. The summed E-state index contributed by atoms with van der Waals surface area (Å²) in [6.45, 7) is 2.20. The quantitative estimate of drug-likeness (QED) is 0.168. The van der Waals surface area contributed by atoms with Crippen molar-refractivity contribution in [2.75, 3.05) is 0 Å². The van der Waals surface area contributed by atoms with Gasteiger partial charge in [-0.3, -0.25) is 9.11 Å². The summed E-state index contributed by atoms with van der Waals surface area (Å²) in [5, 5.41) is 0. The summed E-state index contributed by atoms with van der Waals surface area (Å²) in [7, 11) is -9.20. The Morgan fingerprint density at radius 1 is 0.657 bits per heavy atom. The number of unbranched alkanes of at least 4 members (excludes halogenated alkanes) is 9. The van der Waals surface area contributed by atoms with E-state index in [-0.39, 0.29) is 70.6 Å². The Morgan fingerprint density at radius 2 is 1.14 bits per heavy atom. The summed E-state index contributed by atoms with van der Waals surface area (Å²) in [5.41, 5.74) is 0.537. The molecule has 0 aliphatic rings. The van der Waals surface area contributed by atoms with Gasteiger partial charge in [-0.2, -0.15) is 16.8 Å². The van der Waals surface area contributed by atoms with Crippen LogP contribution in [0.4, 0.5) is 0 Å². The predicted octanol–water partition coefficient (Wildman–Crippen LogP) is 5.67. The van der Waals surface area contributed by atoms with Crippen molar-refractivity contribution in [3.8, 4) is 11.5 Å². The van der Waals surface area contributed by atoms with E-state index >= 15 is 0 Å².